The number of hydrogen-bond acceptors (Lipinski definition) is 8. The Morgan fingerprint density at radius 1 is 1.04 bits per heavy atom. The number of rotatable bonds is 10. The van der Waals surface area contributed by atoms with Crippen molar-refractivity contribution in [3.63, 3.8) is 0 Å². The van der Waals surface area contributed by atoms with Gasteiger partial charge in [0.25, 0.3) is 0 Å². The summed E-state index contributed by atoms with van der Waals surface area (Å²) in [5, 5.41) is 12.1. The Labute approximate surface area is 260 Å². The summed E-state index contributed by atoms with van der Waals surface area (Å²) in [7, 11) is 3.89. The number of benzene rings is 1. The van der Waals surface area contributed by atoms with Crippen molar-refractivity contribution in [1.82, 2.24) is 45.3 Å². The second-order valence-electron chi connectivity index (χ2n) is 12.3. The molecule has 1 unspecified atom stereocenters. The third kappa shape index (κ3) is 6.19. The van der Waals surface area contributed by atoms with Gasteiger partial charge in [-0.3, -0.25) is 15.1 Å². The Morgan fingerprint density at radius 3 is 2.76 bits per heavy atom. The number of nitrogens with zero attached hydrogens (tertiary/aromatic N) is 6. The fourth-order valence-electron chi connectivity index (χ4n) is 6.36. The largest absolute Gasteiger partial charge is 0.335 e. The molecule has 45 heavy (non-hydrogen) atoms. The summed E-state index contributed by atoms with van der Waals surface area (Å²) in [6, 6.07) is 10.6. The molecule has 10 nitrogen and oxygen atoms in total. The van der Waals surface area contributed by atoms with E-state index in [-0.39, 0.29) is 11.9 Å². The van der Waals surface area contributed by atoms with E-state index in [1.807, 2.05) is 49.6 Å². The van der Waals surface area contributed by atoms with Crippen LogP contribution in [0.15, 0.2) is 61.2 Å². The van der Waals surface area contributed by atoms with Crippen molar-refractivity contribution in [3.8, 4) is 33.9 Å². The molecule has 1 atom stereocenters. The minimum absolute atomic E-state index is 0.327. The molecule has 11 heteroatoms. The SMILES string of the molecule is CN(C)CC(N)c1cc(F)cc(-c2ccnc3nc(-c4n[nH]c5cnc(-c6cncc(CNCC7CCCC7)c6)cc45)[nH]c23)c1. The summed E-state index contributed by atoms with van der Waals surface area (Å²) < 4.78 is 14.8. The van der Waals surface area contributed by atoms with Gasteiger partial charge in [-0.25, -0.2) is 14.4 Å². The van der Waals surface area contributed by atoms with E-state index in [0.717, 1.165) is 57.9 Å². The second-order valence-corrected chi connectivity index (χ2v) is 12.3. The van der Waals surface area contributed by atoms with E-state index in [0.29, 0.717) is 34.8 Å². The van der Waals surface area contributed by atoms with E-state index in [1.165, 1.54) is 37.8 Å². The van der Waals surface area contributed by atoms with Gasteiger partial charge < -0.3 is 20.9 Å². The van der Waals surface area contributed by atoms with Gasteiger partial charge in [-0.05, 0) is 92.5 Å². The fraction of sp³-hybridized carbons (Fsp3) is 0.324. The van der Waals surface area contributed by atoms with Crippen molar-refractivity contribution in [3.05, 3.63) is 78.1 Å². The molecule has 6 aromatic rings. The van der Waals surface area contributed by atoms with Crippen molar-refractivity contribution >= 4 is 22.1 Å². The number of halogens is 1. The van der Waals surface area contributed by atoms with Gasteiger partial charge >= 0.3 is 0 Å². The van der Waals surface area contributed by atoms with E-state index in [9.17, 15) is 4.39 Å². The normalized spacial score (nSPS) is 14.7. The lowest BCUT2D eigenvalue weighted by atomic mass is 9.99. The van der Waals surface area contributed by atoms with Crippen LogP contribution in [0, 0.1) is 11.7 Å². The Balaban J connectivity index is 1.19. The molecule has 5 heterocycles. The lowest BCUT2D eigenvalue weighted by molar-refractivity contribution is 0.376. The fourth-order valence-corrected chi connectivity index (χ4v) is 6.36. The molecule has 7 rings (SSSR count). The van der Waals surface area contributed by atoms with Crippen LogP contribution in [-0.2, 0) is 6.54 Å². The number of likely N-dealkylation sites (N-methyl/N-ethyl adjacent to an activating group) is 1. The standard InChI is InChI=1S/C34H37FN10/c1-45(2)19-28(36)23-10-22(11-25(35)12-23)26-7-8-39-33-31(26)41-34(42-33)32-27-13-29(40-18-30(27)43-44-32)24-9-21(16-38-17-24)15-37-14-20-5-3-4-6-20/h7-13,16-18,20,28,37H,3-6,14-15,19,36H2,1-2H3,(H,43,44)(H,39,41,42). The van der Waals surface area contributed by atoms with Crippen LogP contribution in [-0.4, -0.2) is 67.2 Å². The lowest BCUT2D eigenvalue weighted by Crippen LogP contribution is -2.26. The van der Waals surface area contributed by atoms with Crippen LogP contribution in [0.3, 0.4) is 0 Å². The van der Waals surface area contributed by atoms with Gasteiger partial charge in [-0.1, -0.05) is 12.8 Å². The molecule has 0 spiro atoms. The Morgan fingerprint density at radius 2 is 1.91 bits per heavy atom. The van der Waals surface area contributed by atoms with Crippen LogP contribution in [0.2, 0.25) is 0 Å². The molecule has 0 radical (unpaired) electrons. The van der Waals surface area contributed by atoms with Crippen molar-refractivity contribution < 1.29 is 4.39 Å². The zero-order chi connectivity index (χ0) is 30.9. The molecule has 0 amide bonds. The first-order valence-electron chi connectivity index (χ1n) is 15.5. The van der Waals surface area contributed by atoms with Gasteiger partial charge in [0.15, 0.2) is 11.5 Å². The molecule has 1 aliphatic rings. The maximum absolute atomic E-state index is 14.8. The lowest BCUT2D eigenvalue weighted by Gasteiger charge is -2.18. The van der Waals surface area contributed by atoms with Crippen LogP contribution in [0.25, 0.3) is 56.0 Å². The van der Waals surface area contributed by atoms with Gasteiger partial charge in [0.2, 0.25) is 0 Å². The molecule has 0 saturated heterocycles. The maximum atomic E-state index is 14.8. The van der Waals surface area contributed by atoms with Gasteiger partial charge in [-0.15, -0.1) is 0 Å². The number of pyridine rings is 3. The number of hydrogen-bond donors (Lipinski definition) is 4. The van der Waals surface area contributed by atoms with Crippen molar-refractivity contribution in [2.45, 2.75) is 38.3 Å². The molecule has 1 aliphatic carbocycles. The van der Waals surface area contributed by atoms with Gasteiger partial charge in [0, 0.05) is 54.2 Å². The smallest absolute Gasteiger partial charge is 0.178 e. The quantitative estimate of drug-likeness (QED) is 0.158. The molecular weight excluding hydrogens is 567 g/mol. The molecule has 1 aromatic carbocycles. The number of nitrogens with one attached hydrogen (secondary N) is 3. The topological polar surface area (TPSA) is 137 Å². The molecule has 0 bridgehead atoms. The molecule has 0 aliphatic heterocycles. The molecule has 1 fully saturated rings. The van der Waals surface area contributed by atoms with Crippen LogP contribution >= 0.6 is 0 Å². The van der Waals surface area contributed by atoms with Gasteiger partial charge in [-0.2, -0.15) is 5.10 Å². The molecule has 5 N–H and O–H groups in total. The highest BCUT2D eigenvalue weighted by atomic mass is 19.1. The third-order valence-corrected chi connectivity index (χ3v) is 8.61. The molecular formula is C34H37FN10. The van der Waals surface area contributed by atoms with E-state index in [4.69, 9.17) is 15.7 Å². The zero-order valence-corrected chi connectivity index (χ0v) is 25.5. The minimum Gasteiger partial charge on any atom is -0.335 e. The van der Waals surface area contributed by atoms with Gasteiger partial charge in [0.05, 0.1) is 22.9 Å². The molecule has 230 valence electrons. The molecule has 5 aromatic heterocycles. The highest BCUT2D eigenvalue weighted by Crippen LogP contribution is 2.33. The van der Waals surface area contributed by atoms with E-state index < -0.39 is 0 Å². The van der Waals surface area contributed by atoms with E-state index >= 15 is 0 Å². The highest BCUT2D eigenvalue weighted by Gasteiger charge is 2.19. The second kappa shape index (κ2) is 12.4. The summed E-state index contributed by atoms with van der Waals surface area (Å²) in [4.78, 5) is 23.9. The number of aromatic nitrogens is 7. The average Bonchev–Trinajstić information content (AvgIpc) is 3.80. The summed E-state index contributed by atoms with van der Waals surface area (Å²) in [5.74, 6) is 0.993. The third-order valence-electron chi connectivity index (χ3n) is 8.61. The van der Waals surface area contributed by atoms with Crippen LogP contribution in [0.4, 0.5) is 4.39 Å². The van der Waals surface area contributed by atoms with Crippen molar-refractivity contribution in [2.24, 2.45) is 11.7 Å². The first-order chi connectivity index (χ1) is 21.9. The Kier molecular flexibility index (Phi) is 8.05. The first kappa shape index (κ1) is 29.1. The average molecular weight is 605 g/mol. The predicted octanol–water partition coefficient (Wildman–Crippen LogP) is 5.61. The molecule has 1 saturated carbocycles. The predicted molar refractivity (Wildman–Crippen MR) is 175 cm³/mol. The number of imidazole rings is 1. The summed E-state index contributed by atoms with van der Waals surface area (Å²) in [5.41, 5.74) is 14.1. The van der Waals surface area contributed by atoms with Crippen LogP contribution in [0.1, 0.15) is 42.9 Å². The monoisotopic (exact) mass is 604 g/mol. The van der Waals surface area contributed by atoms with Crippen molar-refractivity contribution in [2.75, 3.05) is 27.2 Å². The van der Waals surface area contributed by atoms with E-state index in [2.05, 4.69) is 36.5 Å². The number of H-pyrrole nitrogens is 2. The Hall–Kier alpha value is -4.58. The van der Waals surface area contributed by atoms with Gasteiger partial charge in [0.1, 0.15) is 11.5 Å². The number of fused-ring (bicyclic) bond motifs is 2. The van der Waals surface area contributed by atoms with E-state index in [1.54, 1.807) is 12.4 Å². The summed E-state index contributed by atoms with van der Waals surface area (Å²) in [6.45, 7) is 2.42. The highest BCUT2D eigenvalue weighted by molar-refractivity contribution is 5.96. The van der Waals surface area contributed by atoms with Crippen molar-refractivity contribution in [1.29, 1.82) is 0 Å². The zero-order valence-electron chi connectivity index (χ0n) is 25.5. The first-order valence-corrected chi connectivity index (χ1v) is 15.5. The summed E-state index contributed by atoms with van der Waals surface area (Å²) >= 11 is 0. The Bertz CT molecular complexity index is 1960. The maximum Gasteiger partial charge on any atom is 0.178 e. The minimum atomic E-state index is -0.345. The number of aromatic amines is 2. The summed E-state index contributed by atoms with van der Waals surface area (Å²) in [6.07, 6.45) is 12.5. The van der Waals surface area contributed by atoms with Crippen LogP contribution in [0.5, 0.6) is 0 Å². The number of nitrogens with two attached hydrogens (primary N) is 1. The van der Waals surface area contributed by atoms with Crippen LogP contribution < -0.4 is 11.1 Å².